The van der Waals surface area contributed by atoms with Crippen LogP contribution in [0.15, 0.2) is 0 Å². The topological polar surface area (TPSA) is 26.3 Å². The molecule has 0 aromatic heterocycles. The van der Waals surface area contributed by atoms with Gasteiger partial charge in [0.15, 0.2) is 0 Å². The Labute approximate surface area is 112 Å². The smallest absolute Gasteiger partial charge is 0.309 e. The van der Waals surface area contributed by atoms with E-state index in [1.807, 2.05) is 13.8 Å². The molecule has 0 bridgehead atoms. The van der Waals surface area contributed by atoms with E-state index in [4.69, 9.17) is 4.74 Å². The molecule has 1 unspecified atom stereocenters. The third kappa shape index (κ3) is 2.73. The highest BCUT2D eigenvalue weighted by molar-refractivity contribution is 5.72. The average molecular weight is 254 g/mol. The lowest BCUT2D eigenvalue weighted by Gasteiger charge is -2.45. The normalized spacial score (nSPS) is 20.7. The van der Waals surface area contributed by atoms with Crippen LogP contribution in [-0.4, -0.2) is 11.6 Å². The Kier molecular flexibility index (Phi) is 5.24. The van der Waals surface area contributed by atoms with E-state index in [0.717, 1.165) is 32.1 Å². The van der Waals surface area contributed by atoms with Gasteiger partial charge in [-0.15, -0.1) is 0 Å². The highest BCUT2D eigenvalue weighted by Gasteiger charge is 2.50. The van der Waals surface area contributed by atoms with Gasteiger partial charge in [0.05, 0.1) is 5.92 Å². The van der Waals surface area contributed by atoms with Gasteiger partial charge in [-0.1, -0.05) is 34.6 Å². The molecule has 106 valence electrons. The molecule has 1 aliphatic carbocycles. The molecule has 1 atom stereocenters. The Morgan fingerprint density at radius 1 is 1.22 bits per heavy atom. The second-order valence-electron chi connectivity index (χ2n) is 6.20. The number of ether oxygens (including phenoxy) is 1. The van der Waals surface area contributed by atoms with Crippen LogP contribution >= 0.6 is 0 Å². The molecule has 0 amide bonds. The maximum Gasteiger partial charge on any atom is 0.309 e. The van der Waals surface area contributed by atoms with Crippen molar-refractivity contribution in [1.29, 1.82) is 0 Å². The molecule has 0 spiro atoms. The molecule has 0 aliphatic heterocycles. The summed E-state index contributed by atoms with van der Waals surface area (Å²) in [5.41, 5.74) is -0.0658. The van der Waals surface area contributed by atoms with Gasteiger partial charge in [-0.2, -0.15) is 0 Å². The molecule has 0 radical (unpaired) electrons. The van der Waals surface area contributed by atoms with E-state index in [9.17, 15) is 4.79 Å². The van der Waals surface area contributed by atoms with E-state index in [0.29, 0.717) is 0 Å². The van der Waals surface area contributed by atoms with Crippen LogP contribution < -0.4 is 0 Å². The van der Waals surface area contributed by atoms with Crippen LogP contribution in [0.25, 0.3) is 0 Å². The van der Waals surface area contributed by atoms with Crippen molar-refractivity contribution in [2.45, 2.75) is 85.2 Å². The predicted octanol–water partition coefficient (Wildman–Crippen LogP) is 4.71. The summed E-state index contributed by atoms with van der Waals surface area (Å²) in [6.45, 7) is 10.8. The van der Waals surface area contributed by atoms with E-state index < -0.39 is 0 Å². The van der Waals surface area contributed by atoms with Gasteiger partial charge in [0, 0.05) is 5.41 Å². The molecule has 1 fully saturated rings. The number of rotatable bonds is 6. The van der Waals surface area contributed by atoms with Crippen molar-refractivity contribution in [2.24, 2.45) is 11.3 Å². The van der Waals surface area contributed by atoms with Gasteiger partial charge in [-0.25, -0.2) is 0 Å². The summed E-state index contributed by atoms with van der Waals surface area (Å²) in [6, 6.07) is 0. The summed E-state index contributed by atoms with van der Waals surface area (Å²) in [5, 5.41) is 0. The Morgan fingerprint density at radius 3 is 2.11 bits per heavy atom. The van der Waals surface area contributed by atoms with Crippen LogP contribution in [0.4, 0.5) is 0 Å². The molecule has 0 saturated heterocycles. The van der Waals surface area contributed by atoms with Crippen LogP contribution in [0, 0.1) is 11.3 Å². The lowest BCUT2D eigenvalue weighted by atomic mass is 9.68. The first-order chi connectivity index (χ1) is 8.44. The predicted molar refractivity (Wildman–Crippen MR) is 75.4 cm³/mol. The minimum Gasteiger partial charge on any atom is -0.458 e. The molecule has 0 heterocycles. The second kappa shape index (κ2) is 6.08. The molecule has 1 rings (SSSR count). The molecule has 0 aromatic carbocycles. The van der Waals surface area contributed by atoms with Crippen LogP contribution in [0.1, 0.15) is 79.6 Å². The lowest BCUT2D eigenvalue weighted by molar-refractivity contribution is -0.181. The van der Waals surface area contributed by atoms with Gasteiger partial charge in [-0.05, 0) is 44.9 Å². The number of esters is 1. The zero-order valence-electron chi connectivity index (χ0n) is 12.8. The minimum absolute atomic E-state index is 0.00697. The number of carbonyl (C=O) groups excluding carboxylic acids is 1. The van der Waals surface area contributed by atoms with Crippen molar-refractivity contribution >= 4 is 5.97 Å². The molecule has 2 heteroatoms. The Hall–Kier alpha value is -0.530. The summed E-state index contributed by atoms with van der Waals surface area (Å²) in [5.74, 6) is 0.0352. The van der Waals surface area contributed by atoms with Crippen molar-refractivity contribution in [1.82, 2.24) is 0 Å². The van der Waals surface area contributed by atoms with Crippen molar-refractivity contribution in [3.8, 4) is 0 Å². The summed E-state index contributed by atoms with van der Waals surface area (Å²) in [6.07, 6.45) is 7.52. The fourth-order valence-corrected chi connectivity index (χ4v) is 3.13. The highest BCUT2D eigenvalue weighted by atomic mass is 16.6. The van der Waals surface area contributed by atoms with E-state index in [2.05, 4.69) is 20.8 Å². The quantitative estimate of drug-likeness (QED) is 0.641. The summed E-state index contributed by atoms with van der Waals surface area (Å²) < 4.78 is 6.06. The van der Waals surface area contributed by atoms with Gasteiger partial charge in [0.1, 0.15) is 5.60 Å². The van der Waals surface area contributed by atoms with Gasteiger partial charge in [0.25, 0.3) is 0 Å². The summed E-state index contributed by atoms with van der Waals surface area (Å²) in [4.78, 5) is 12.2. The first-order valence-corrected chi connectivity index (χ1v) is 7.67. The van der Waals surface area contributed by atoms with Crippen molar-refractivity contribution in [2.75, 3.05) is 0 Å². The maximum atomic E-state index is 12.2. The summed E-state index contributed by atoms with van der Waals surface area (Å²) in [7, 11) is 0. The number of carbonyl (C=O) groups is 1. The maximum absolute atomic E-state index is 12.2. The minimum atomic E-state index is -0.197. The fourth-order valence-electron chi connectivity index (χ4n) is 3.13. The standard InChI is InChI=1S/C16H30O2/c1-6-13(4)14(17)18-16(11-9-10-12-16)15(5,7-2)8-3/h13H,6-12H2,1-5H3. The van der Waals surface area contributed by atoms with Gasteiger partial charge in [0.2, 0.25) is 0 Å². The van der Waals surface area contributed by atoms with Crippen LogP contribution in [-0.2, 0) is 9.53 Å². The van der Waals surface area contributed by atoms with E-state index in [-0.39, 0.29) is 22.9 Å². The average Bonchev–Trinajstić information content (AvgIpc) is 2.86. The first kappa shape index (κ1) is 15.5. The number of hydrogen-bond donors (Lipinski definition) is 0. The highest BCUT2D eigenvalue weighted by Crippen LogP contribution is 2.50. The lowest BCUT2D eigenvalue weighted by Crippen LogP contribution is -2.48. The monoisotopic (exact) mass is 254 g/mol. The van der Waals surface area contributed by atoms with E-state index in [1.54, 1.807) is 0 Å². The molecular weight excluding hydrogens is 224 g/mol. The van der Waals surface area contributed by atoms with Crippen molar-refractivity contribution in [3.05, 3.63) is 0 Å². The largest absolute Gasteiger partial charge is 0.458 e. The zero-order valence-corrected chi connectivity index (χ0v) is 12.8. The van der Waals surface area contributed by atoms with Crippen LogP contribution in [0.3, 0.4) is 0 Å². The van der Waals surface area contributed by atoms with Gasteiger partial charge in [-0.3, -0.25) is 4.79 Å². The molecule has 1 saturated carbocycles. The Bertz CT molecular complexity index is 273. The van der Waals surface area contributed by atoms with Crippen molar-refractivity contribution in [3.63, 3.8) is 0 Å². The Morgan fingerprint density at radius 2 is 1.72 bits per heavy atom. The SMILES string of the molecule is CCC(C)C(=O)OC1(C(C)(CC)CC)CCCC1. The molecule has 0 N–H and O–H groups in total. The summed E-state index contributed by atoms with van der Waals surface area (Å²) >= 11 is 0. The van der Waals surface area contributed by atoms with E-state index in [1.165, 1.54) is 12.8 Å². The molecule has 18 heavy (non-hydrogen) atoms. The molecular formula is C16H30O2. The molecule has 1 aliphatic rings. The number of hydrogen-bond acceptors (Lipinski definition) is 2. The van der Waals surface area contributed by atoms with Gasteiger partial charge >= 0.3 is 5.97 Å². The molecule has 2 nitrogen and oxygen atoms in total. The third-order valence-electron chi connectivity index (χ3n) is 5.38. The van der Waals surface area contributed by atoms with Gasteiger partial charge < -0.3 is 4.74 Å². The van der Waals surface area contributed by atoms with E-state index >= 15 is 0 Å². The molecule has 0 aromatic rings. The first-order valence-electron chi connectivity index (χ1n) is 7.67. The zero-order chi connectivity index (χ0) is 13.8. The van der Waals surface area contributed by atoms with Crippen LogP contribution in [0.2, 0.25) is 0 Å². The second-order valence-corrected chi connectivity index (χ2v) is 6.20. The Balaban J connectivity index is 2.91. The third-order valence-corrected chi connectivity index (χ3v) is 5.38. The fraction of sp³-hybridized carbons (Fsp3) is 0.938. The van der Waals surface area contributed by atoms with Crippen LogP contribution in [0.5, 0.6) is 0 Å². The van der Waals surface area contributed by atoms with Crippen molar-refractivity contribution < 1.29 is 9.53 Å².